The SMILES string of the molecule is CC1c2cc(C(C)(C)C)cc(C(C)(C)C)c2OB(F)Oc2c1cc(C(C)(C)C)cc2C(C)(C)C. The Bertz CT molecular complexity index is 990. The quantitative estimate of drug-likeness (QED) is 0.361. The van der Waals surface area contributed by atoms with Crippen molar-refractivity contribution in [3.63, 3.8) is 0 Å². The zero-order chi connectivity index (χ0) is 26.0. The van der Waals surface area contributed by atoms with Crippen LogP contribution in [0.1, 0.15) is 129 Å². The summed E-state index contributed by atoms with van der Waals surface area (Å²) in [5, 5.41) is 0. The van der Waals surface area contributed by atoms with E-state index < -0.39 is 7.40 Å². The molecule has 34 heavy (non-hydrogen) atoms. The van der Waals surface area contributed by atoms with Crippen LogP contribution in [0.2, 0.25) is 0 Å². The standard InChI is InChI=1S/C30H44BFO2/c1-18-21-14-19(27(2,3)4)16-23(29(8,9)10)25(21)33-31(32)34-26-22(18)15-20(28(5,6)7)17-24(26)30(11,12)13/h14-18H,1-13H3. The third-order valence-corrected chi connectivity index (χ3v) is 6.94. The van der Waals surface area contributed by atoms with Gasteiger partial charge >= 0.3 is 7.40 Å². The Hall–Kier alpha value is -1.97. The fourth-order valence-corrected chi connectivity index (χ4v) is 4.57. The van der Waals surface area contributed by atoms with E-state index in [0.29, 0.717) is 11.5 Å². The van der Waals surface area contributed by atoms with Gasteiger partial charge in [0.05, 0.1) is 0 Å². The van der Waals surface area contributed by atoms with Crippen molar-refractivity contribution in [1.82, 2.24) is 0 Å². The number of hydrogen-bond donors (Lipinski definition) is 0. The second-order valence-corrected chi connectivity index (χ2v) is 14.1. The molecule has 2 aromatic rings. The van der Waals surface area contributed by atoms with E-state index in [1.54, 1.807) is 0 Å². The summed E-state index contributed by atoms with van der Waals surface area (Å²) in [4.78, 5) is 0. The molecule has 0 radical (unpaired) electrons. The van der Waals surface area contributed by atoms with Crippen LogP contribution in [0.4, 0.5) is 4.32 Å². The van der Waals surface area contributed by atoms with Gasteiger partial charge in [-0.05, 0) is 43.9 Å². The molecule has 4 heteroatoms. The van der Waals surface area contributed by atoms with Crippen LogP contribution in [0.25, 0.3) is 0 Å². The maximum atomic E-state index is 15.5. The monoisotopic (exact) mass is 466 g/mol. The van der Waals surface area contributed by atoms with Gasteiger partial charge in [0.25, 0.3) is 0 Å². The second-order valence-electron chi connectivity index (χ2n) is 14.1. The lowest BCUT2D eigenvalue weighted by Crippen LogP contribution is -2.32. The molecule has 3 rings (SSSR count). The average molecular weight is 466 g/mol. The van der Waals surface area contributed by atoms with Gasteiger partial charge in [-0.3, -0.25) is 0 Å². The molecule has 0 bridgehead atoms. The highest BCUT2D eigenvalue weighted by Crippen LogP contribution is 2.49. The Labute approximate surface area is 207 Å². The zero-order valence-electron chi connectivity index (χ0n) is 23.7. The number of rotatable bonds is 0. The van der Waals surface area contributed by atoms with Crippen molar-refractivity contribution in [3.8, 4) is 11.5 Å². The number of benzene rings is 2. The van der Waals surface area contributed by atoms with E-state index in [0.717, 1.165) is 22.3 Å². The molecular weight excluding hydrogens is 422 g/mol. The largest absolute Gasteiger partial charge is 0.830 e. The van der Waals surface area contributed by atoms with Crippen LogP contribution in [-0.4, -0.2) is 7.40 Å². The molecule has 1 aliphatic heterocycles. The van der Waals surface area contributed by atoms with E-state index in [9.17, 15) is 0 Å². The smallest absolute Gasteiger partial charge is 0.497 e. The van der Waals surface area contributed by atoms with E-state index >= 15 is 4.32 Å². The molecule has 1 heterocycles. The minimum absolute atomic E-state index is 0.0238. The van der Waals surface area contributed by atoms with Crippen LogP contribution in [-0.2, 0) is 21.7 Å². The molecule has 0 saturated heterocycles. The fraction of sp³-hybridized carbons (Fsp3) is 0.600. The maximum Gasteiger partial charge on any atom is 0.830 e. The molecule has 0 unspecified atom stereocenters. The fourth-order valence-electron chi connectivity index (χ4n) is 4.57. The van der Waals surface area contributed by atoms with Gasteiger partial charge in [-0.1, -0.05) is 114 Å². The average Bonchev–Trinajstić information content (AvgIpc) is 2.63. The first-order valence-electron chi connectivity index (χ1n) is 12.6. The van der Waals surface area contributed by atoms with Gasteiger partial charge in [0.1, 0.15) is 11.5 Å². The van der Waals surface area contributed by atoms with E-state index in [-0.39, 0.29) is 27.6 Å². The van der Waals surface area contributed by atoms with E-state index in [2.05, 4.69) is 114 Å². The minimum Gasteiger partial charge on any atom is -0.497 e. The van der Waals surface area contributed by atoms with Gasteiger partial charge in [0, 0.05) is 17.0 Å². The molecule has 0 atom stereocenters. The van der Waals surface area contributed by atoms with Crippen LogP contribution in [0.3, 0.4) is 0 Å². The highest BCUT2D eigenvalue weighted by Gasteiger charge is 2.39. The molecule has 0 amide bonds. The first kappa shape index (κ1) is 26.6. The Kier molecular flexibility index (Phi) is 6.51. The molecule has 2 aromatic carbocycles. The Morgan fingerprint density at radius 2 is 0.912 bits per heavy atom. The van der Waals surface area contributed by atoms with E-state index in [1.807, 2.05) is 0 Å². The zero-order valence-corrected chi connectivity index (χ0v) is 23.7. The number of halogens is 1. The predicted molar refractivity (Wildman–Crippen MR) is 143 cm³/mol. The third-order valence-electron chi connectivity index (χ3n) is 6.94. The summed E-state index contributed by atoms with van der Waals surface area (Å²) in [5.74, 6) is 1.21. The highest BCUT2D eigenvalue weighted by atomic mass is 19.1. The summed E-state index contributed by atoms with van der Waals surface area (Å²) in [6.45, 7) is 28.4. The lowest BCUT2D eigenvalue weighted by Gasteiger charge is -2.35. The van der Waals surface area contributed by atoms with Crippen LogP contribution < -0.4 is 9.31 Å². The number of fused-ring (bicyclic) bond motifs is 2. The normalized spacial score (nSPS) is 15.6. The minimum atomic E-state index is -1.88. The molecule has 0 spiro atoms. The summed E-state index contributed by atoms with van der Waals surface area (Å²) in [6, 6.07) is 8.81. The van der Waals surface area contributed by atoms with Crippen LogP contribution >= 0.6 is 0 Å². The van der Waals surface area contributed by atoms with Crippen molar-refractivity contribution in [2.24, 2.45) is 0 Å². The summed E-state index contributed by atoms with van der Waals surface area (Å²) in [5.41, 5.74) is 6.02. The molecule has 0 aromatic heterocycles. The van der Waals surface area contributed by atoms with Gasteiger partial charge in [0.15, 0.2) is 0 Å². The highest BCUT2D eigenvalue weighted by molar-refractivity contribution is 6.37. The van der Waals surface area contributed by atoms with Crippen LogP contribution in [0.5, 0.6) is 11.5 Å². The lowest BCUT2D eigenvalue weighted by molar-refractivity contribution is 0.336. The van der Waals surface area contributed by atoms with E-state index in [1.165, 1.54) is 11.1 Å². The van der Waals surface area contributed by atoms with Gasteiger partial charge < -0.3 is 9.31 Å². The molecule has 1 aliphatic rings. The molecule has 186 valence electrons. The molecular formula is C30H44BFO2. The second kappa shape index (κ2) is 8.31. The van der Waals surface area contributed by atoms with Crippen molar-refractivity contribution in [2.45, 2.75) is 118 Å². The molecule has 0 N–H and O–H groups in total. The van der Waals surface area contributed by atoms with Crippen molar-refractivity contribution < 1.29 is 13.6 Å². The molecule has 0 saturated carbocycles. The van der Waals surface area contributed by atoms with Gasteiger partial charge in [-0.15, -0.1) is 0 Å². The van der Waals surface area contributed by atoms with Crippen LogP contribution in [0, 0.1) is 0 Å². The molecule has 2 nitrogen and oxygen atoms in total. The Balaban J connectivity index is 2.44. The molecule has 0 aliphatic carbocycles. The van der Waals surface area contributed by atoms with Gasteiger partial charge in [0.2, 0.25) is 0 Å². The lowest BCUT2D eigenvalue weighted by atomic mass is 9.74. The van der Waals surface area contributed by atoms with E-state index in [4.69, 9.17) is 9.31 Å². The molecule has 0 fully saturated rings. The summed E-state index contributed by atoms with van der Waals surface area (Å²) < 4.78 is 27.4. The third kappa shape index (κ3) is 5.16. The van der Waals surface area contributed by atoms with Crippen molar-refractivity contribution in [3.05, 3.63) is 57.6 Å². The number of hydrogen-bond acceptors (Lipinski definition) is 2. The topological polar surface area (TPSA) is 18.5 Å². The summed E-state index contributed by atoms with van der Waals surface area (Å²) >= 11 is 0. The summed E-state index contributed by atoms with van der Waals surface area (Å²) in [6.07, 6.45) is 0. The van der Waals surface area contributed by atoms with Crippen molar-refractivity contribution in [1.29, 1.82) is 0 Å². The maximum absolute atomic E-state index is 15.5. The van der Waals surface area contributed by atoms with Gasteiger partial charge in [-0.25, -0.2) is 4.32 Å². The Morgan fingerprint density at radius 3 is 1.18 bits per heavy atom. The van der Waals surface area contributed by atoms with Gasteiger partial charge in [-0.2, -0.15) is 0 Å². The Morgan fingerprint density at radius 1 is 0.588 bits per heavy atom. The first-order valence-corrected chi connectivity index (χ1v) is 12.6. The van der Waals surface area contributed by atoms with Crippen LogP contribution in [0.15, 0.2) is 24.3 Å². The van der Waals surface area contributed by atoms with Crippen molar-refractivity contribution >= 4 is 7.40 Å². The predicted octanol–water partition coefficient (Wildman–Crippen LogP) is 8.75. The summed E-state index contributed by atoms with van der Waals surface area (Å²) in [7, 11) is -1.88. The van der Waals surface area contributed by atoms with Crippen molar-refractivity contribution in [2.75, 3.05) is 0 Å². The first-order chi connectivity index (χ1) is 15.2.